The second-order valence-electron chi connectivity index (χ2n) is 4.77. The predicted molar refractivity (Wildman–Crippen MR) is 92.2 cm³/mol. The summed E-state index contributed by atoms with van der Waals surface area (Å²) in [5, 5.41) is 16.2. The summed E-state index contributed by atoms with van der Waals surface area (Å²) >= 11 is 0. The van der Waals surface area contributed by atoms with E-state index in [0.717, 1.165) is 51.2 Å². The van der Waals surface area contributed by atoms with Gasteiger partial charge in [0.05, 0.1) is 6.10 Å². The van der Waals surface area contributed by atoms with Crippen LogP contribution in [0.25, 0.3) is 0 Å². The molecule has 1 rings (SSSR count). The summed E-state index contributed by atoms with van der Waals surface area (Å²) in [5.41, 5.74) is 0. The number of hydrogen-bond acceptors (Lipinski definition) is 2. The summed E-state index contributed by atoms with van der Waals surface area (Å²) in [6, 6.07) is 0.452. The van der Waals surface area contributed by atoms with E-state index in [1.54, 1.807) is 0 Å². The van der Waals surface area contributed by atoms with Crippen molar-refractivity contribution in [2.45, 2.75) is 58.1 Å². The molecule has 0 spiro atoms. The van der Waals surface area contributed by atoms with Crippen LogP contribution in [-0.4, -0.2) is 36.3 Å². The second-order valence-corrected chi connectivity index (χ2v) is 4.77. The highest BCUT2D eigenvalue weighted by atomic mass is 127. The summed E-state index contributed by atoms with van der Waals surface area (Å²) in [5.74, 6) is 0.906. The monoisotopic (exact) mass is 381 g/mol. The highest BCUT2D eigenvalue weighted by Gasteiger charge is 2.19. The first-order chi connectivity index (χ1) is 8.76. The van der Waals surface area contributed by atoms with Crippen LogP contribution in [0.15, 0.2) is 17.1 Å². The number of aliphatic imine (C=N–C) groups is 1. The molecule has 1 aliphatic carbocycles. The number of nitrogens with zero attached hydrogens (tertiary/aromatic N) is 1. The molecule has 0 bridgehead atoms. The maximum atomic E-state index is 9.48. The number of hydrogen-bond donors (Lipinski definition) is 3. The Balaban J connectivity index is 0.00000324. The molecular formula is C14H28IN3O. The Morgan fingerprint density at radius 3 is 2.58 bits per heavy atom. The van der Waals surface area contributed by atoms with Crippen molar-refractivity contribution in [3.63, 3.8) is 0 Å². The molecule has 112 valence electrons. The van der Waals surface area contributed by atoms with Gasteiger partial charge in [0.25, 0.3) is 0 Å². The SMILES string of the molecule is C/C=C/CCN=C(NCC)NC1CCC(O)CC1.I. The van der Waals surface area contributed by atoms with Crippen molar-refractivity contribution in [1.82, 2.24) is 10.6 Å². The lowest BCUT2D eigenvalue weighted by Crippen LogP contribution is -2.45. The Hall–Kier alpha value is -0.300. The van der Waals surface area contributed by atoms with Gasteiger partial charge >= 0.3 is 0 Å². The number of aliphatic hydroxyl groups excluding tert-OH is 1. The molecule has 3 N–H and O–H groups in total. The zero-order valence-corrected chi connectivity index (χ0v) is 14.4. The quantitative estimate of drug-likeness (QED) is 0.225. The van der Waals surface area contributed by atoms with Gasteiger partial charge in [-0.3, -0.25) is 4.99 Å². The van der Waals surface area contributed by atoms with Crippen molar-refractivity contribution >= 4 is 29.9 Å². The molecule has 19 heavy (non-hydrogen) atoms. The van der Waals surface area contributed by atoms with Crippen LogP contribution >= 0.6 is 24.0 Å². The standard InChI is InChI=1S/C14H27N3O.HI/c1-3-5-6-11-16-14(15-4-2)17-12-7-9-13(18)10-8-12;/h3,5,12-13,18H,4,6-11H2,1-2H3,(H2,15,16,17);1H/b5-3+;. The van der Waals surface area contributed by atoms with E-state index < -0.39 is 0 Å². The first-order valence-electron chi connectivity index (χ1n) is 7.10. The smallest absolute Gasteiger partial charge is 0.191 e. The molecule has 0 aromatic heterocycles. The summed E-state index contributed by atoms with van der Waals surface area (Å²) in [6.45, 7) is 5.80. The molecule has 5 heteroatoms. The summed E-state index contributed by atoms with van der Waals surface area (Å²) in [6.07, 6.45) is 8.92. The van der Waals surface area contributed by atoms with E-state index >= 15 is 0 Å². The number of nitrogens with one attached hydrogen (secondary N) is 2. The molecule has 0 aromatic carbocycles. The summed E-state index contributed by atoms with van der Waals surface area (Å²) < 4.78 is 0. The molecule has 1 fully saturated rings. The normalized spacial score (nSPS) is 24.1. The van der Waals surface area contributed by atoms with Gasteiger partial charge in [0.1, 0.15) is 0 Å². The average molecular weight is 381 g/mol. The number of aliphatic hydroxyl groups is 1. The zero-order chi connectivity index (χ0) is 13.2. The third-order valence-electron chi connectivity index (χ3n) is 3.18. The van der Waals surface area contributed by atoms with E-state index in [-0.39, 0.29) is 30.1 Å². The third kappa shape index (κ3) is 8.47. The van der Waals surface area contributed by atoms with E-state index in [1.165, 1.54) is 0 Å². The fraction of sp³-hybridized carbons (Fsp3) is 0.786. The van der Waals surface area contributed by atoms with Gasteiger partial charge in [-0.15, -0.1) is 24.0 Å². The van der Waals surface area contributed by atoms with E-state index in [9.17, 15) is 5.11 Å². The van der Waals surface area contributed by atoms with Crippen LogP contribution in [0.3, 0.4) is 0 Å². The van der Waals surface area contributed by atoms with E-state index in [0.29, 0.717) is 6.04 Å². The van der Waals surface area contributed by atoms with Gasteiger partial charge in [0.2, 0.25) is 0 Å². The van der Waals surface area contributed by atoms with Crippen LogP contribution in [0.4, 0.5) is 0 Å². The average Bonchev–Trinajstić information content (AvgIpc) is 2.37. The Labute approximate surface area is 134 Å². The third-order valence-corrected chi connectivity index (χ3v) is 3.18. The Morgan fingerprint density at radius 1 is 1.32 bits per heavy atom. The largest absolute Gasteiger partial charge is 0.393 e. The first kappa shape index (κ1) is 18.7. The zero-order valence-electron chi connectivity index (χ0n) is 12.1. The van der Waals surface area contributed by atoms with Crippen molar-refractivity contribution in [2.75, 3.05) is 13.1 Å². The Morgan fingerprint density at radius 2 is 2.00 bits per heavy atom. The van der Waals surface area contributed by atoms with E-state index in [4.69, 9.17) is 0 Å². The molecule has 0 saturated heterocycles. The fourth-order valence-corrected chi connectivity index (χ4v) is 2.15. The van der Waals surface area contributed by atoms with Gasteiger partial charge in [-0.1, -0.05) is 12.2 Å². The topological polar surface area (TPSA) is 56.7 Å². The van der Waals surface area contributed by atoms with Crippen LogP contribution in [0, 0.1) is 0 Å². The van der Waals surface area contributed by atoms with Gasteiger partial charge in [0.15, 0.2) is 5.96 Å². The lowest BCUT2D eigenvalue weighted by molar-refractivity contribution is 0.120. The van der Waals surface area contributed by atoms with Crippen molar-refractivity contribution in [1.29, 1.82) is 0 Å². The van der Waals surface area contributed by atoms with Gasteiger partial charge in [0, 0.05) is 19.1 Å². The molecule has 1 aliphatic rings. The highest BCUT2D eigenvalue weighted by molar-refractivity contribution is 14.0. The minimum absolute atomic E-state index is 0. The lowest BCUT2D eigenvalue weighted by atomic mass is 9.93. The molecule has 0 radical (unpaired) electrons. The lowest BCUT2D eigenvalue weighted by Gasteiger charge is -2.27. The van der Waals surface area contributed by atoms with E-state index in [1.807, 2.05) is 6.92 Å². The number of guanidine groups is 1. The molecule has 4 nitrogen and oxygen atoms in total. The minimum Gasteiger partial charge on any atom is -0.393 e. The predicted octanol–water partition coefficient (Wildman–Crippen LogP) is 2.43. The van der Waals surface area contributed by atoms with Crippen LogP contribution in [-0.2, 0) is 0 Å². The maximum Gasteiger partial charge on any atom is 0.191 e. The van der Waals surface area contributed by atoms with Gasteiger partial charge in [-0.05, 0) is 46.0 Å². The minimum atomic E-state index is -0.0998. The van der Waals surface area contributed by atoms with Gasteiger partial charge in [-0.2, -0.15) is 0 Å². The van der Waals surface area contributed by atoms with Crippen LogP contribution in [0.2, 0.25) is 0 Å². The van der Waals surface area contributed by atoms with Crippen molar-refractivity contribution in [3.8, 4) is 0 Å². The van der Waals surface area contributed by atoms with Crippen LogP contribution in [0.1, 0.15) is 46.0 Å². The van der Waals surface area contributed by atoms with Gasteiger partial charge in [-0.25, -0.2) is 0 Å². The molecule has 0 amide bonds. The first-order valence-corrected chi connectivity index (χ1v) is 7.10. The van der Waals surface area contributed by atoms with Crippen LogP contribution < -0.4 is 10.6 Å². The molecule has 0 aromatic rings. The summed E-state index contributed by atoms with van der Waals surface area (Å²) in [7, 11) is 0. The maximum absolute atomic E-state index is 9.48. The number of rotatable bonds is 5. The molecular weight excluding hydrogens is 353 g/mol. The second kappa shape index (κ2) is 11.5. The van der Waals surface area contributed by atoms with Crippen LogP contribution in [0.5, 0.6) is 0 Å². The molecule has 0 unspecified atom stereocenters. The van der Waals surface area contributed by atoms with Crippen molar-refractivity contribution < 1.29 is 5.11 Å². The van der Waals surface area contributed by atoms with Crippen molar-refractivity contribution in [2.24, 2.45) is 4.99 Å². The number of allylic oxidation sites excluding steroid dienone is 1. The molecule has 1 saturated carbocycles. The van der Waals surface area contributed by atoms with Gasteiger partial charge < -0.3 is 15.7 Å². The summed E-state index contributed by atoms with van der Waals surface area (Å²) in [4.78, 5) is 4.54. The Bertz CT molecular complexity index is 274. The molecule has 0 heterocycles. The van der Waals surface area contributed by atoms with E-state index in [2.05, 4.69) is 34.7 Å². The molecule has 0 atom stereocenters. The Kier molecular flexibility index (Phi) is 11.3. The fourth-order valence-electron chi connectivity index (χ4n) is 2.15. The number of halogens is 1. The molecule has 0 aliphatic heterocycles. The van der Waals surface area contributed by atoms with Crippen molar-refractivity contribution in [3.05, 3.63) is 12.2 Å². The highest BCUT2D eigenvalue weighted by Crippen LogP contribution is 2.18.